The molecule has 2 aromatic heterocycles. The molecule has 0 fully saturated rings. The molecule has 1 N–H and O–H groups in total. The summed E-state index contributed by atoms with van der Waals surface area (Å²) in [5, 5.41) is 6.98. The number of aromatic nitrogens is 3. The second-order valence-corrected chi connectivity index (χ2v) is 5.23. The zero-order valence-electron chi connectivity index (χ0n) is 10.9. The highest BCUT2D eigenvalue weighted by Crippen LogP contribution is 2.15. The van der Waals surface area contributed by atoms with Gasteiger partial charge < -0.3 is 5.32 Å². The van der Waals surface area contributed by atoms with Crippen LogP contribution >= 0.6 is 15.9 Å². The van der Waals surface area contributed by atoms with Gasteiger partial charge in [-0.25, -0.2) is 9.67 Å². The number of carbonyl (C=O) groups excluding carboxylic acids is 1. The van der Waals surface area contributed by atoms with Gasteiger partial charge in [-0.2, -0.15) is 5.10 Å². The lowest BCUT2D eigenvalue weighted by Crippen LogP contribution is -2.13. The Morgan fingerprint density at radius 1 is 1.19 bits per heavy atom. The molecule has 0 atom stereocenters. The summed E-state index contributed by atoms with van der Waals surface area (Å²) in [7, 11) is 0. The molecule has 0 saturated heterocycles. The first-order chi connectivity index (χ1) is 10.2. The molecular formula is C15H11BrN4O. The zero-order valence-corrected chi connectivity index (χ0v) is 12.5. The largest absolute Gasteiger partial charge is 0.321 e. The van der Waals surface area contributed by atoms with Gasteiger partial charge in [0.05, 0.1) is 5.69 Å². The minimum atomic E-state index is -0.250. The van der Waals surface area contributed by atoms with Gasteiger partial charge in [-0.15, -0.1) is 0 Å². The van der Waals surface area contributed by atoms with Crippen LogP contribution in [0.25, 0.3) is 5.69 Å². The summed E-state index contributed by atoms with van der Waals surface area (Å²) in [6.07, 6.45) is 5.14. The second-order valence-electron chi connectivity index (χ2n) is 4.32. The molecule has 1 aromatic carbocycles. The fourth-order valence-corrected chi connectivity index (χ4v) is 2.09. The van der Waals surface area contributed by atoms with Crippen LogP contribution in [0.2, 0.25) is 0 Å². The number of anilines is 1. The van der Waals surface area contributed by atoms with Gasteiger partial charge in [0.2, 0.25) is 0 Å². The molecule has 0 aliphatic carbocycles. The van der Waals surface area contributed by atoms with E-state index in [1.165, 1.54) is 0 Å². The fraction of sp³-hybridized carbons (Fsp3) is 0. The average Bonchev–Trinajstić information content (AvgIpc) is 3.02. The molecule has 0 aliphatic heterocycles. The Morgan fingerprint density at radius 2 is 2.10 bits per heavy atom. The minimum absolute atomic E-state index is 0.250. The quantitative estimate of drug-likeness (QED) is 0.794. The lowest BCUT2D eigenvalue weighted by atomic mass is 10.2. The van der Waals surface area contributed by atoms with E-state index in [2.05, 4.69) is 31.3 Å². The van der Waals surface area contributed by atoms with E-state index in [9.17, 15) is 4.79 Å². The van der Waals surface area contributed by atoms with Gasteiger partial charge in [0, 0.05) is 28.8 Å². The van der Waals surface area contributed by atoms with Gasteiger partial charge in [0.15, 0.2) is 0 Å². The average molecular weight is 343 g/mol. The lowest BCUT2D eigenvalue weighted by Gasteiger charge is -2.07. The van der Waals surface area contributed by atoms with Crippen molar-refractivity contribution in [2.75, 3.05) is 5.32 Å². The number of hydrogen-bond donors (Lipinski definition) is 1. The number of amides is 1. The SMILES string of the molecule is O=C(Nc1cccc(-n2cccn2)c1)c1ccc(Br)cn1. The smallest absolute Gasteiger partial charge is 0.274 e. The van der Waals surface area contributed by atoms with Crippen LogP contribution in [-0.2, 0) is 0 Å². The van der Waals surface area contributed by atoms with E-state index < -0.39 is 0 Å². The maximum Gasteiger partial charge on any atom is 0.274 e. The van der Waals surface area contributed by atoms with Gasteiger partial charge in [-0.3, -0.25) is 4.79 Å². The van der Waals surface area contributed by atoms with Crippen LogP contribution in [0.1, 0.15) is 10.5 Å². The van der Waals surface area contributed by atoms with Crippen molar-refractivity contribution in [2.45, 2.75) is 0 Å². The van der Waals surface area contributed by atoms with Crippen LogP contribution in [0, 0.1) is 0 Å². The van der Waals surface area contributed by atoms with Crippen molar-refractivity contribution < 1.29 is 4.79 Å². The number of pyridine rings is 1. The molecular weight excluding hydrogens is 332 g/mol. The molecule has 21 heavy (non-hydrogen) atoms. The Kier molecular flexibility index (Phi) is 3.79. The fourth-order valence-electron chi connectivity index (χ4n) is 1.85. The molecule has 0 unspecified atom stereocenters. The molecule has 0 spiro atoms. The Labute approximate surface area is 129 Å². The standard InChI is InChI=1S/C15H11BrN4O/c16-11-5-6-14(17-10-11)15(21)19-12-3-1-4-13(9-12)20-8-2-7-18-20/h1-10H,(H,19,21). The normalized spacial score (nSPS) is 10.3. The van der Waals surface area contributed by atoms with Crippen molar-refractivity contribution in [1.29, 1.82) is 0 Å². The van der Waals surface area contributed by atoms with E-state index in [4.69, 9.17) is 0 Å². The first-order valence-corrected chi connectivity index (χ1v) is 7.05. The molecule has 2 heterocycles. The summed E-state index contributed by atoms with van der Waals surface area (Å²) in [5.41, 5.74) is 1.93. The van der Waals surface area contributed by atoms with E-state index >= 15 is 0 Å². The summed E-state index contributed by atoms with van der Waals surface area (Å²) in [5.74, 6) is -0.250. The predicted molar refractivity (Wildman–Crippen MR) is 83.5 cm³/mol. The van der Waals surface area contributed by atoms with Gasteiger partial charge in [-0.1, -0.05) is 6.07 Å². The number of benzene rings is 1. The number of nitrogens with one attached hydrogen (secondary N) is 1. The lowest BCUT2D eigenvalue weighted by molar-refractivity contribution is 0.102. The van der Waals surface area contributed by atoms with Crippen molar-refractivity contribution >= 4 is 27.5 Å². The molecule has 5 nitrogen and oxygen atoms in total. The van der Waals surface area contributed by atoms with Gasteiger partial charge in [0.25, 0.3) is 5.91 Å². The number of carbonyl (C=O) groups is 1. The molecule has 1 amide bonds. The molecule has 0 saturated carbocycles. The third-order valence-electron chi connectivity index (χ3n) is 2.83. The number of rotatable bonds is 3. The van der Waals surface area contributed by atoms with Gasteiger partial charge >= 0.3 is 0 Å². The second kappa shape index (κ2) is 5.88. The van der Waals surface area contributed by atoms with Crippen molar-refractivity contribution in [2.24, 2.45) is 0 Å². The Balaban J connectivity index is 1.80. The molecule has 0 radical (unpaired) electrons. The first kappa shape index (κ1) is 13.5. The first-order valence-electron chi connectivity index (χ1n) is 6.25. The third-order valence-corrected chi connectivity index (χ3v) is 3.30. The van der Waals surface area contributed by atoms with Gasteiger partial charge in [0.1, 0.15) is 5.69 Å². The van der Waals surface area contributed by atoms with Crippen LogP contribution in [0.3, 0.4) is 0 Å². The molecule has 104 valence electrons. The molecule has 3 rings (SSSR count). The Hall–Kier alpha value is -2.47. The van der Waals surface area contributed by atoms with Crippen LogP contribution in [0.4, 0.5) is 5.69 Å². The third kappa shape index (κ3) is 3.17. The number of halogens is 1. The van der Waals surface area contributed by atoms with Crippen LogP contribution < -0.4 is 5.32 Å². The Morgan fingerprint density at radius 3 is 2.81 bits per heavy atom. The summed E-state index contributed by atoms with van der Waals surface area (Å²) in [6.45, 7) is 0. The van der Waals surface area contributed by atoms with E-state index in [1.54, 1.807) is 29.2 Å². The summed E-state index contributed by atoms with van der Waals surface area (Å²) in [4.78, 5) is 16.2. The zero-order chi connectivity index (χ0) is 14.7. The van der Waals surface area contributed by atoms with Crippen LogP contribution in [0.5, 0.6) is 0 Å². The summed E-state index contributed by atoms with van der Waals surface area (Å²) < 4.78 is 2.56. The molecule has 3 aromatic rings. The van der Waals surface area contributed by atoms with E-state index in [-0.39, 0.29) is 5.91 Å². The van der Waals surface area contributed by atoms with Crippen LogP contribution in [0.15, 0.2) is 65.5 Å². The highest BCUT2D eigenvalue weighted by molar-refractivity contribution is 9.10. The van der Waals surface area contributed by atoms with Crippen molar-refractivity contribution in [1.82, 2.24) is 14.8 Å². The summed E-state index contributed by atoms with van der Waals surface area (Å²) >= 11 is 3.29. The van der Waals surface area contributed by atoms with E-state index in [1.807, 2.05) is 36.5 Å². The topological polar surface area (TPSA) is 59.8 Å². The minimum Gasteiger partial charge on any atom is -0.321 e. The van der Waals surface area contributed by atoms with Crippen molar-refractivity contribution in [3.8, 4) is 5.69 Å². The van der Waals surface area contributed by atoms with Crippen LogP contribution in [-0.4, -0.2) is 20.7 Å². The molecule has 6 heteroatoms. The van der Waals surface area contributed by atoms with E-state index in [0.29, 0.717) is 11.4 Å². The van der Waals surface area contributed by atoms with Crippen molar-refractivity contribution in [3.05, 3.63) is 71.2 Å². The molecule has 0 bridgehead atoms. The predicted octanol–water partition coefficient (Wildman–Crippen LogP) is 3.28. The highest BCUT2D eigenvalue weighted by Gasteiger charge is 2.08. The Bertz CT molecular complexity index is 754. The van der Waals surface area contributed by atoms with E-state index in [0.717, 1.165) is 10.2 Å². The number of nitrogens with zero attached hydrogens (tertiary/aromatic N) is 3. The maximum atomic E-state index is 12.1. The maximum absolute atomic E-state index is 12.1. The highest BCUT2D eigenvalue weighted by atomic mass is 79.9. The monoisotopic (exact) mass is 342 g/mol. The van der Waals surface area contributed by atoms with Gasteiger partial charge in [-0.05, 0) is 52.3 Å². The number of hydrogen-bond acceptors (Lipinski definition) is 3. The van der Waals surface area contributed by atoms with Crippen molar-refractivity contribution in [3.63, 3.8) is 0 Å². The summed E-state index contributed by atoms with van der Waals surface area (Å²) in [6, 6.07) is 12.7. The molecule has 0 aliphatic rings.